The summed E-state index contributed by atoms with van der Waals surface area (Å²) in [5.74, 6) is 1.16. The first-order chi connectivity index (χ1) is 18.1. The van der Waals surface area contributed by atoms with Gasteiger partial charge in [0, 0.05) is 48.7 Å². The number of rotatable bonds is 6. The molecule has 5 heterocycles. The lowest BCUT2D eigenvalue weighted by molar-refractivity contribution is -0.137. The Morgan fingerprint density at radius 2 is 2.00 bits per heavy atom. The Bertz CT molecular complexity index is 1490. The number of anilines is 2. The van der Waals surface area contributed by atoms with Gasteiger partial charge in [-0.15, -0.1) is 0 Å². The molecule has 0 amide bonds. The lowest BCUT2D eigenvalue weighted by Crippen LogP contribution is -2.31. The molecule has 196 valence electrons. The molecule has 1 fully saturated rings. The predicted molar refractivity (Wildman–Crippen MR) is 137 cm³/mol. The van der Waals surface area contributed by atoms with Crippen molar-refractivity contribution in [2.24, 2.45) is 0 Å². The number of alkyl halides is 3. The predicted octanol–water partition coefficient (Wildman–Crippen LogP) is 4.62. The third-order valence-electron chi connectivity index (χ3n) is 6.86. The second kappa shape index (κ2) is 9.90. The van der Waals surface area contributed by atoms with Gasteiger partial charge in [-0.3, -0.25) is 0 Å². The fraction of sp³-hybridized carbons (Fsp3) is 0.346. The van der Waals surface area contributed by atoms with Crippen molar-refractivity contribution in [1.82, 2.24) is 29.8 Å². The number of aromatic nitrogens is 5. The molecule has 0 aromatic carbocycles. The molecule has 9 nitrogen and oxygen atoms in total. The number of aromatic amines is 1. The van der Waals surface area contributed by atoms with Crippen molar-refractivity contribution >= 4 is 22.8 Å². The lowest BCUT2D eigenvalue weighted by Gasteiger charge is -2.21. The second-order valence-corrected chi connectivity index (χ2v) is 9.56. The van der Waals surface area contributed by atoms with Crippen LogP contribution in [0.3, 0.4) is 0 Å². The minimum Gasteiger partial charge on any atom is -0.355 e. The van der Waals surface area contributed by atoms with Crippen LogP contribution in [-0.4, -0.2) is 63.0 Å². The van der Waals surface area contributed by atoms with Crippen LogP contribution < -0.4 is 10.2 Å². The van der Waals surface area contributed by atoms with Crippen LogP contribution in [0.4, 0.5) is 24.9 Å². The van der Waals surface area contributed by atoms with Crippen LogP contribution in [0.2, 0.25) is 0 Å². The van der Waals surface area contributed by atoms with Gasteiger partial charge in [-0.05, 0) is 45.1 Å². The number of fused-ring (bicyclic) bond motifs is 1. The maximum absolute atomic E-state index is 13.3. The lowest BCUT2D eigenvalue weighted by atomic mass is 10.1. The third-order valence-corrected chi connectivity index (χ3v) is 6.86. The summed E-state index contributed by atoms with van der Waals surface area (Å²) in [6.07, 6.45) is 1.98. The van der Waals surface area contributed by atoms with E-state index in [9.17, 15) is 18.4 Å². The molecule has 4 aromatic rings. The number of hydrogen-bond acceptors (Lipinski definition) is 8. The molecule has 2 atom stereocenters. The van der Waals surface area contributed by atoms with Crippen molar-refractivity contribution < 1.29 is 13.2 Å². The largest absolute Gasteiger partial charge is 0.417 e. The highest BCUT2D eigenvalue weighted by Gasteiger charge is 2.32. The van der Waals surface area contributed by atoms with Crippen LogP contribution in [0.15, 0.2) is 43.0 Å². The number of pyridine rings is 2. The Labute approximate surface area is 217 Å². The number of hydrogen-bond donors (Lipinski definition) is 2. The van der Waals surface area contributed by atoms with E-state index >= 15 is 0 Å². The Hall–Kier alpha value is -4.24. The average molecular weight is 522 g/mol. The van der Waals surface area contributed by atoms with E-state index in [0.717, 1.165) is 43.2 Å². The first-order valence-corrected chi connectivity index (χ1v) is 12.1. The molecule has 1 aliphatic rings. The summed E-state index contributed by atoms with van der Waals surface area (Å²) >= 11 is 0. The van der Waals surface area contributed by atoms with E-state index in [1.54, 1.807) is 0 Å². The number of nitrogens with one attached hydrogen (secondary N) is 2. The normalized spacial score (nSPS) is 16.7. The van der Waals surface area contributed by atoms with E-state index in [1.807, 2.05) is 31.3 Å². The Kier molecular flexibility index (Phi) is 6.62. The van der Waals surface area contributed by atoms with E-state index in [1.165, 1.54) is 12.4 Å². The summed E-state index contributed by atoms with van der Waals surface area (Å²) in [6.45, 7) is 3.82. The van der Waals surface area contributed by atoms with Gasteiger partial charge in [-0.2, -0.15) is 18.4 Å². The van der Waals surface area contributed by atoms with Gasteiger partial charge in [-0.1, -0.05) is 6.07 Å². The van der Waals surface area contributed by atoms with Gasteiger partial charge in [0.2, 0.25) is 5.95 Å². The first-order valence-electron chi connectivity index (χ1n) is 12.1. The third kappa shape index (κ3) is 4.97. The highest BCUT2D eigenvalue weighted by atomic mass is 19.4. The van der Waals surface area contributed by atoms with E-state index in [2.05, 4.69) is 54.1 Å². The Balaban J connectivity index is 1.38. The molecule has 0 spiro atoms. The maximum Gasteiger partial charge on any atom is 0.417 e. The standard InChI is InChI=1S/C26H26F3N9/c1-15(16-4-5-22(31-10-16)38-7-6-19(14-38)37(2)3)35-25-34-11-17(9-30)23(36-25)21-13-33-24-20(21)8-18(12-32-24)26(27,28)29/h4-5,8,10-13,15,19H,6-7,14H2,1-3H3,(H,32,33)(H,34,35,36)/t15?,19-/m1/s1. The zero-order chi connectivity index (χ0) is 27.0. The van der Waals surface area contributed by atoms with Gasteiger partial charge < -0.3 is 20.1 Å². The monoisotopic (exact) mass is 521 g/mol. The van der Waals surface area contributed by atoms with Gasteiger partial charge >= 0.3 is 6.18 Å². The van der Waals surface area contributed by atoms with Crippen molar-refractivity contribution in [3.05, 3.63) is 59.7 Å². The van der Waals surface area contributed by atoms with Gasteiger partial charge in [0.25, 0.3) is 0 Å². The number of likely N-dealkylation sites (N-methyl/N-ethyl adjacent to an activating group) is 1. The highest BCUT2D eigenvalue weighted by molar-refractivity contribution is 5.94. The molecule has 1 unspecified atom stereocenters. The molecular formula is C26H26F3N9. The minimum absolute atomic E-state index is 0.133. The van der Waals surface area contributed by atoms with Crippen LogP contribution in [-0.2, 0) is 6.18 Å². The van der Waals surface area contributed by atoms with E-state index in [-0.39, 0.29) is 34.3 Å². The second-order valence-electron chi connectivity index (χ2n) is 9.56. The zero-order valence-corrected chi connectivity index (χ0v) is 21.1. The molecule has 0 bridgehead atoms. The number of nitriles is 1. The van der Waals surface area contributed by atoms with Crippen LogP contribution in [0.25, 0.3) is 22.3 Å². The summed E-state index contributed by atoms with van der Waals surface area (Å²) in [6, 6.07) is 7.31. The van der Waals surface area contributed by atoms with Gasteiger partial charge in [-0.25, -0.2) is 19.9 Å². The molecular weight excluding hydrogens is 495 g/mol. The van der Waals surface area contributed by atoms with Gasteiger partial charge in [0.1, 0.15) is 17.5 Å². The fourth-order valence-electron chi connectivity index (χ4n) is 4.58. The van der Waals surface area contributed by atoms with E-state index in [0.29, 0.717) is 11.6 Å². The van der Waals surface area contributed by atoms with Crippen molar-refractivity contribution in [2.75, 3.05) is 37.4 Å². The van der Waals surface area contributed by atoms with Crippen LogP contribution in [0.5, 0.6) is 0 Å². The SMILES string of the molecule is CC(Nc1ncc(C#N)c(-c2c[nH]c3ncc(C(F)(F)F)cc23)n1)c1ccc(N2CC[C@@H](N(C)C)C2)nc1. The summed E-state index contributed by atoms with van der Waals surface area (Å²) in [7, 11) is 4.17. The summed E-state index contributed by atoms with van der Waals surface area (Å²) in [5, 5.41) is 13.0. The molecule has 5 rings (SSSR count). The molecule has 0 saturated carbocycles. The summed E-state index contributed by atoms with van der Waals surface area (Å²) in [4.78, 5) is 24.6. The molecule has 4 aromatic heterocycles. The minimum atomic E-state index is -4.55. The highest BCUT2D eigenvalue weighted by Crippen LogP contribution is 2.35. The molecule has 0 aliphatic carbocycles. The summed E-state index contributed by atoms with van der Waals surface area (Å²) < 4.78 is 39.9. The molecule has 12 heteroatoms. The van der Waals surface area contributed by atoms with Crippen LogP contribution >= 0.6 is 0 Å². The topological polar surface area (TPSA) is 110 Å². The molecule has 2 N–H and O–H groups in total. The van der Waals surface area contributed by atoms with Crippen LogP contribution in [0, 0.1) is 11.3 Å². The van der Waals surface area contributed by atoms with Gasteiger partial charge in [0.05, 0.1) is 29.1 Å². The maximum atomic E-state index is 13.3. The molecule has 1 saturated heterocycles. The van der Waals surface area contributed by atoms with Crippen molar-refractivity contribution in [3.8, 4) is 17.3 Å². The Morgan fingerprint density at radius 3 is 2.66 bits per heavy atom. The number of nitrogens with zero attached hydrogens (tertiary/aromatic N) is 7. The quantitative estimate of drug-likeness (QED) is 0.378. The Morgan fingerprint density at radius 1 is 1.18 bits per heavy atom. The van der Waals surface area contributed by atoms with E-state index in [4.69, 9.17) is 0 Å². The van der Waals surface area contributed by atoms with Crippen molar-refractivity contribution in [1.29, 1.82) is 5.26 Å². The number of halogens is 3. The molecule has 38 heavy (non-hydrogen) atoms. The average Bonchev–Trinajstić information content (AvgIpc) is 3.56. The van der Waals surface area contributed by atoms with Gasteiger partial charge in [0.15, 0.2) is 0 Å². The zero-order valence-electron chi connectivity index (χ0n) is 21.1. The number of H-pyrrole nitrogens is 1. The molecule has 1 aliphatic heterocycles. The molecule has 0 radical (unpaired) electrons. The van der Waals surface area contributed by atoms with E-state index < -0.39 is 11.7 Å². The fourth-order valence-corrected chi connectivity index (χ4v) is 4.58. The first kappa shape index (κ1) is 25.4. The summed E-state index contributed by atoms with van der Waals surface area (Å²) in [5.41, 5.74) is 0.974. The van der Waals surface area contributed by atoms with Crippen LogP contribution in [0.1, 0.15) is 36.1 Å². The smallest absolute Gasteiger partial charge is 0.355 e. The van der Waals surface area contributed by atoms with Crippen molar-refractivity contribution in [2.45, 2.75) is 31.6 Å². The van der Waals surface area contributed by atoms with Crippen molar-refractivity contribution in [3.63, 3.8) is 0 Å².